The van der Waals surface area contributed by atoms with Gasteiger partial charge in [0.05, 0.1) is 0 Å². The van der Waals surface area contributed by atoms with Crippen molar-refractivity contribution in [2.45, 2.75) is 25.7 Å². The molecule has 2 N–H and O–H groups in total. The quantitative estimate of drug-likeness (QED) is 0.542. The van der Waals surface area contributed by atoms with Crippen LogP contribution in [0.3, 0.4) is 0 Å². The van der Waals surface area contributed by atoms with Gasteiger partial charge in [-0.1, -0.05) is 0 Å². The number of aliphatic carboxylic acids is 2. The van der Waals surface area contributed by atoms with Gasteiger partial charge in [0.1, 0.15) is 0 Å². The molecule has 0 saturated heterocycles. The second-order valence-electron chi connectivity index (χ2n) is 1.99. The van der Waals surface area contributed by atoms with Crippen LogP contribution in [0.1, 0.15) is 25.7 Å². The second kappa shape index (κ2) is 8.61. The van der Waals surface area contributed by atoms with Crippen molar-refractivity contribution < 1.29 is 19.8 Å². The van der Waals surface area contributed by atoms with Gasteiger partial charge < -0.3 is 10.2 Å². The summed E-state index contributed by atoms with van der Waals surface area (Å²) in [6, 6.07) is 0. The summed E-state index contributed by atoms with van der Waals surface area (Å²) in [6.45, 7) is 0. The van der Waals surface area contributed by atoms with Gasteiger partial charge in [0.15, 0.2) is 0 Å². The normalized spacial score (nSPS) is 8.36. The van der Waals surface area contributed by atoms with Crippen LogP contribution in [0.15, 0.2) is 0 Å². The van der Waals surface area contributed by atoms with Gasteiger partial charge in [-0.15, -0.1) is 0 Å². The zero-order valence-electron chi connectivity index (χ0n) is 5.54. The number of carboxylic acid groups (broad SMARTS) is 2. The van der Waals surface area contributed by atoms with E-state index in [1.807, 2.05) is 0 Å². The number of carbonyl (C=O) groups is 2. The minimum atomic E-state index is -0.870. The number of hydrogen-bond acceptors (Lipinski definition) is 2. The monoisotopic (exact) mass is 286 g/mol. The molecule has 0 aromatic rings. The molecule has 0 aliphatic rings. The molecule has 0 radical (unpaired) electrons. The molecule has 0 aliphatic carbocycles. The Kier molecular flexibility index (Phi) is 11.0. The first-order valence-electron chi connectivity index (χ1n) is 3.06. The number of hydrogen-bond donors (Lipinski definition) is 2. The molecule has 0 aliphatic heterocycles. The van der Waals surface area contributed by atoms with Crippen LogP contribution in [-0.2, 0) is 9.59 Å². The Hall–Kier alpha value is 0.511. The van der Waals surface area contributed by atoms with E-state index >= 15 is 0 Å². The summed E-state index contributed by atoms with van der Waals surface area (Å²) >= 11 is 0. The van der Waals surface area contributed by atoms with Crippen molar-refractivity contribution in [3.63, 3.8) is 0 Å². The van der Waals surface area contributed by atoms with Gasteiger partial charge in [0.25, 0.3) is 0 Å². The van der Waals surface area contributed by atoms with Crippen LogP contribution >= 0.6 is 0 Å². The molecule has 5 heteroatoms. The van der Waals surface area contributed by atoms with Crippen molar-refractivity contribution in [2.24, 2.45) is 0 Å². The SMILES string of the molecule is O=C(O)CCCCC(=O)O.[BaH2]. The topological polar surface area (TPSA) is 74.6 Å². The van der Waals surface area contributed by atoms with E-state index in [0.29, 0.717) is 12.8 Å². The Morgan fingerprint density at radius 3 is 1.36 bits per heavy atom. The van der Waals surface area contributed by atoms with Gasteiger partial charge in [-0.3, -0.25) is 9.59 Å². The number of unbranched alkanes of at least 4 members (excludes halogenated alkanes) is 1. The molecule has 0 fully saturated rings. The number of carboxylic acids is 2. The molecule has 0 amide bonds. The Labute approximate surface area is 105 Å². The van der Waals surface area contributed by atoms with E-state index in [9.17, 15) is 9.59 Å². The molecule has 4 nitrogen and oxygen atoms in total. The van der Waals surface area contributed by atoms with Crippen LogP contribution in [0.4, 0.5) is 0 Å². The summed E-state index contributed by atoms with van der Waals surface area (Å²) in [5.41, 5.74) is 0. The van der Waals surface area contributed by atoms with E-state index in [4.69, 9.17) is 10.2 Å². The van der Waals surface area contributed by atoms with Gasteiger partial charge in [0.2, 0.25) is 0 Å². The fourth-order valence-corrected chi connectivity index (χ4v) is 0.552. The average Bonchev–Trinajstić information content (AvgIpc) is 1.79. The summed E-state index contributed by atoms with van der Waals surface area (Å²) in [5.74, 6) is -1.74. The van der Waals surface area contributed by atoms with E-state index in [0.717, 1.165) is 0 Å². The minimum absolute atomic E-state index is 0. The van der Waals surface area contributed by atoms with Crippen LogP contribution in [-0.4, -0.2) is 71.0 Å². The molecule has 0 heterocycles. The summed E-state index contributed by atoms with van der Waals surface area (Å²) in [7, 11) is 0. The summed E-state index contributed by atoms with van der Waals surface area (Å²) < 4.78 is 0. The molecular formula is C6H12BaO4. The summed E-state index contributed by atoms with van der Waals surface area (Å²) in [5, 5.41) is 16.3. The molecule has 0 saturated carbocycles. The first-order valence-corrected chi connectivity index (χ1v) is 3.06. The second-order valence-corrected chi connectivity index (χ2v) is 1.99. The van der Waals surface area contributed by atoms with Crippen molar-refractivity contribution in [3.8, 4) is 0 Å². The molecule has 0 bridgehead atoms. The fraction of sp³-hybridized carbons (Fsp3) is 0.667. The van der Waals surface area contributed by atoms with E-state index in [-0.39, 0.29) is 61.7 Å². The first-order chi connectivity index (χ1) is 4.63. The van der Waals surface area contributed by atoms with E-state index < -0.39 is 11.9 Å². The average molecular weight is 285 g/mol. The third-order valence-electron chi connectivity index (χ3n) is 1.03. The van der Waals surface area contributed by atoms with Crippen LogP contribution < -0.4 is 0 Å². The van der Waals surface area contributed by atoms with Crippen molar-refractivity contribution in [3.05, 3.63) is 0 Å². The van der Waals surface area contributed by atoms with E-state index in [2.05, 4.69) is 0 Å². The Bertz CT molecular complexity index is 119. The van der Waals surface area contributed by atoms with E-state index in [1.165, 1.54) is 0 Å². The molecule has 0 unspecified atom stereocenters. The van der Waals surface area contributed by atoms with E-state index in [1.54, 1.807) is 0 Å². The first kappa shape index (κ1) is 14.1. The van der Waals surface area contributed by atoms with Crippen LogP contribution in [0, 0.1) is 0 Å². The Morgan fingerprint density at radius 2 is 1.18 bits per heavy atom. The van der Waals surface area contributed by atoms with Crippen LogP contribution in [0.5, 0.6) is 0 Å². The van der Waals surface area contributed by atoms with Crippen molar-refractivity contribution in [1.82, 2.24) is 0 Å². The maximum atomic E-state index is 9.90. The summed E-state index contributed by atoms with van der Waals surface area (Å²) in [4.78, 5) is 19.8. The fourth-order valence-electron chi connectivity index (χ4n) is 0.552. The van der Waals surface area contributed by atoms with Gasteiger partial charge in [-0.25, -0.2) is 0 Å². The predicted octanol–water partition coefficient (Wildman–Crippen LogP) is -0.200. The molecule has 0 atom stereocenters. The van der Waals surface area contributed by atoms with Gasteiger partial charge >= 0.3 is 60.8 Å². The molecule has 0 spiro atoms. The predicted molar refractivity (Wildman–Crippen MR) is 42.3 cm³/mol. The molecule has 0 aromatic carbocycles. The molecule has 0 aromatic heterocycles. The maximum absolute atomic E-state index is 9.90. The molecular weight excluding hydrogens is 273 g/mol. The van der Waals surface area contributed by atoms with Crippen LogP contribution in [0.25, 0.3) is 0 Å². The van der Waals surface area contributed by atoms with Gasteiger partial charge in [-0.05, 0) is 12.8 Å². The van der Waals surface area contributed by atoms with Gasteiger partial charge in [-0.2, -0.15) is 0 Å². The summed E-state index contributed by atoms with van der Waals surface area (Å²) in [6.07, 6.45) is 1.02. The zero-order valence-corrected chi connectivity index (χ0v) is 5.54. The molecule has 62 valence electrons. The molecule has 0 rings (SSSR count). The third kappa shape index (κ3) is 13.5. The molecule has 11 heavy (non-hydrogen) atoms. The zero-order chi connectivity index (χ0) is 7.98. The third-order valence-corrected chi connectivity index (χ3v) is 1.03. The van der Waals surface area contributed by atoms with Gasteiger partial charge in [0, 0.05) is 12.8 Å². The van der Waals surface area contributed by atoms with Crippen molar-refractivity contribution in [2.75, 3.05) is 0 Å². The Balaban J connectivity index is 0. The Morgan fingerprint density at radius 1 is 0.909 bits per heavy atom. The van der Waals surface area contributed by atoms with Crippen LogP contribution in [0.2, 0.25) is 0 Å². The van der Waals surface area contributed by atoms with Crippen molar-refractivity contribution in [1.29, 1.82) is 0 Å². The standard InChI is InChI=1S/C6H10O4.Ba.2H/c7-5(8)3-1-2-4-6(9)10;;;/h1-4H2,(H,7,8)(H,9,10);;;. The van der Waals surface area contributed by atoms with Crippen molar-refractivity contribution >= 4 is 60.8 Å². The number of rotatable bonds is 5.